The Balaban J connectivity index is 2.69. The SMILES string of the molecule is C/C(=N/NC(=O)C(N)=O)c1ccc(C)o1. The van der Waals surface area contributed by atoms with Crippen LogP contribution >= 0.6 is 0 Å². The molecule has 0 fully saturated rings. The molecule has 0 unspecified atom stereocenters. The van der Waals surface area contributed by atoms with E-state index in [1.165, 1.54) is 0 Å². The van der Waals surface area contributed by atoms with Crippen molar-refractivity contribution in [1.29, 1.82) is 0 Å². The fourth-order valence-electron chi connectivity index (χ4n) is 0.874. The molecule has 6 heteroatoms. The smallest absolute Gasteiger partial charge is 0.329 e. The van der Waals surface area contributed by atoms with Crippen LogP contribution in [0.4, 0.5) is 0 Å². The molecule has 80 valence electrons. The van der Waals surface area contributed by atoms with Gasteiger partial charge in [0.2, 0.25) is 0 Å². The van der Waals surface area contributed by atoms with Gasteiger partial charge in [0.15, 0.2) is 0 Å². The van der Waals surface area contributed by atoms with E-state index in [4.69, 9.17) is 10.2 Å². The molecule has 6 nitrogen and oxygen atoms in total. The van der Waals surface area contributed by atoms with Crippen molar-refractivity contribution >= 4 is 17.5 Å². The minimum Gasteiger partial charge on any atom is -0.460 e. The lowest BCUT2D eigenvalue weighted by atomic mass is 10.3. The molecule has 0 spiro atoms. The van der Waals surface area contributed by atoms with Gasteiger partial charge in [-0.1, -0.05) is 0 Å². The van der Waals surface area contributed by atoms with Gasteiger partial charge < -0.3 is 10.2 Å². The van der Waals surface area contributed by atoms with Gasteiger partial charge in [-0.3, -0.25) is 9.59 Å². The van der Waals surface area contributed by atoms with E-state index in [0.29, 0.717) is 11.5 Å². The molecule has 0 saturated carbocycles. The minimum absolute atomic E-state index is 0.456. The number of hydrogen-bond acceptors (Lipinski definition) is 4. The largest absolute Gasteiger partial charge is 0.460 e. The lowest BCUT2D eigenvalue weighted by molar-refractivity contribution is -0.137. The Hall–Kier alpha value is -2.11. The summed E-state index contributed by atoms with van der Waals surface area (Å²) in [6.07, 6.45) is 0. The summed E-state index contributed by atoms with van der Waals surface area (Å²) in [5, 5.41) is 3.65. The topological polar surface area (TPSA) is 97.7 Å². The number of primary amides is 1. The predicted octanol–water partition coefficient (Wildman–Crippen LogP) is -0.0865. The van der Waals surface area contributed by atoms with Gasteiger partial charge in [-0.2, -0.15) is 5.10 Å². The number of furan rings is 1. The molecular weight excluding hydrogens is 198 g/mol. The van der Waals surface area contributed by atoms with E-state index in [0.717, 1.165) is 5.76 Å². The number of nitrogens with zero attached hydrogens (tertiary/aromatic N) is 1. The zero-order valence-corrected chi connectivity index (χ0v) is 8.40. The Labute approximate surface area is 86.1 Å². The molecule has 0 aliphatic heterocycles. The highest BCUT2D eigenvalue weighted by atomic mass is 16.3. The first-order chi connectivity index (χ1) is 7.00. The van der Waals surface area contributed by atoms with E-state index < -0.39 is 11.8 Å². The van der Waals surface area contributed by atoms with Crippen molar-refractivity contribution in [3.05, 3.63) is 23.7 Å². The van der Waals surface area contributed by atoms with E-state index in [9.17, 15) is 9.59 Å². The summed E-state index contributed by atoms with van der Waals surface area (Å²) < 4.78 is 5.24. The first kappa shape index (κ1) is 11.0. The van der Waals surface area contributed by atoms with Gasteiger partial charge in [0.05, 0.1) is 0 Å². The first-order valence-electron chi connectivity index (χ1n) is 4.21. The van der Waals surface area contributed by atoms with Crippen LogP contribution in [0.1, 0.15) is 18.4 Å². The molecule has 0 aromatic carbocycles. The van der Waals surface area contributed by atoms with Gasteiger partial charge in [0.1, 0.15) is 17.2 Å². The van der Waals surface area contributed by atoms with Gasteiger partial charge in [-0.05, 0) is 26.0 Å². The van der Waals surface area contributed by atoms with Gasteiger partial charge in [-0.25, -0.2) is 5.43 Å². The molecular formula is C9H11N3O3. The number of aryl methyl sites for hydroxylation is 1. The fourth-order valence-corrected chi connectivity index (χ4v) is 0.874. The molecule has 1 aromatic rings. The summed E-state index contributed by atoms with van der Waals surface area (Å²) in [6, 6.07) is 3.48. The maximum absolute atomic E-state index is 10.8. The van der Waals surface area contributed by atoms with Crippen molar-refractivity contribution in [2.75, 3.05) is 0 Å². The first-order valence-corrected chi connectivity index (χ1v) is 4.21. The zero-order valence-electron chi connectivity index (χ0n) is 8.40. The van der Waals surface area contributed by atoms with Gasteiger partial charge in [0, 0.05) is 0 Å². The second-order valence-electron chi connectivity index (χ2n) is 2.91. The molecule has 2 amide bonds. The van der Waals surface area contributed by atoms with Crippen LogP contribution in [0.5, 0.6) is 0 Å². The van der Waals surface area contributed by atoms with Crippen molar-refractivity contribution in [2.24, 2.45) is 10.8 Å². The maximum Gasteiger partial charge on any atom is 0.329 e. The molecule has 0 aliphatic carbocycles. The van der Waals surface area contributed by atoms with Gasteiger partial charge >= 0.3 is 11.8 Å². The molecule has 0 saturated heterocycles. The highest BCUT2D eigenvalue weighted by molar-refractivity contribution is 6.34. The van der Waals surface area contributed by atoms with Crippen LogP contribution in [0.25, 0.3) is 0 Å². The highest BCUT2D eigenvalue weighted by Gasteiger charge is 2.08. The molecule has 0 radical (unpaired) electrons. The Morgan fingerprint density at radius 1 is 1.47 bits per heavy atom. The van der Waals surface area contributed by atoms with Crippen molar-refractivity contribution in [2.45, 2.75) is 13.8 Å². The number of carbonyl (C=O) groups excluding carboxylic acids is 2. The van der Waals surface area contributed by atoms with Gasteiger partial charge in [0.25, 0.3) is 0 Å². The molecule has 0 atom stereocenters. The van der Waals surface area contributed by atoms with Crippen LogP contribution in [-0.4, -0.2) is 17.5 Å². The lowest BCUT2D eigenvalue weighted by Gasteiger charge is -1.97. The number of hydrogen-bond donors (Lipinski definition) is 2. The van der Waals surface area contributed by atoms with E-state index in [2.05, 4.69) is 5.10 Å². The third kappa shape index (κ3) is 2.94. The second-order valence-corrected chi connectivity index (χ2v) is 2.91. The molecule has 0 bridgehead atoms. The van der Waals surface area contributed by atoms with Crippen molar-refractivity contribution in [3.8, 4) is 0 Å². The Morgan fingerprint density at radius 3 is 2.60 bits per heavy atom. The number of amides is 2. The number of carbonyl (C=O) groups is 2. The maximum atomic E-state index is 10.8. The predicted molar refractivity (Wildman–Crippen MR) is 53.0 cm³/mol. The van der Waals surface area contributed by atoms with Crippen LogP contribution in [0, 0.1) is 6.92 Å². The molecule has 1 heterocycles. The molecule has 3 N–H and O–H groups in total. The summed E-state index contributed by atoms with van der Waals surface area (Å²) in [4.78, 5) is 21.1. The van der Waals surface area contributed by atoms with Gasteiger partial charge in [-0.15, -0.1) is 0 Å². The summed E-state index contributed by atoms with van der Waals surface area (Å²) in [7, 11) is 0. The second kappa shape index (κ2) is 4.41. The van der Waals surface area contributed by atoms with Crippen LogP contribution in [0.15, 0.2) is 21.7 Å². The summed E-state index contributed by atoms with van der Waals surface area (Å²) >= 11 is 0. The average Bonchev–Trinajstić information content (AvgIpc) is 2.60. The number of rotatable bonds is 2. The molecule has 1 aromatic heterocycles. The Bertz CT molecular complexity index is 420. The zero-order chi connectivity index (χ0) is 11.4. The van der Waals surface area contributed by atoms with E-state index in [1.807, 2.05) is 5.43 Å². The fraction of sp³-hybridized carbons (Fsp3) is 0.222. The van der Waals surface area contributed by atoms with Crippen molar-refractivity contribution in [3.63, 3.8) is 0 Å². The van der Waals surface area contributed by atoms with Crippen LogP contribution in [-0.2, 0) is 9.59 Å². The molecule has 0 aliphatic rings. The van der Waals surface area contributed by atoms with Crippen molar-refractivity contribution in [1.82, 2.24) is 5.43 Å². The van der Waals surface area contributed by atoms with E-state index >= 15 is 0 Å². The quantitative estimate of drug-likeness (QED) is 0.404. The van der Waals surface area contributed by atoms with Crippen LogP contribution in [0.3, 0.4) is 0 Å². The average molecular weight is 209 g/mol. The Morgan fingerprint density at radius 2 is 2.13 bits per heavy atom. The highest BCUT2D eigenvalue weighted by Crippen LogP contribution is 2.06. The standard InChI is InChI=1S/C9H11N3O3/c1-5-3-4-7(15-5)6(2)11-12-9(14)8(10)13/h3-4H,1-2H3,(H2,10,13)(H,12,14)/b11-6-. The molecule has 15 heavy (non-hydrogen) atoms. The summed E-state index contributed by atoms with van der Waals surface area (Å²) in [5.41, 5.74) is 7.18. The third-order valence-electron chi connectivity index (χ3n) is 1.65. The van der Waals surface area contributed by atoms with Crippen molar-refractivity contribution < 1.29 is 14.0 Å². The lowest BCUT2D eigenvalue weighted by Crippen LogP contribution is -2.33. The number of nitrogens with two attached hydrogens (primary N) is 1. The molecule has 1 rings (SSSR count). The van der Waals surface area contributed by atoms with E-state index in [1.54, 1.807) is 26.0 Å². The normalized spacial score (nSPS) is 11.2. The summed E-state index contributed by atoms with van der Waals surface area (Å²) in [6.45, 7) is 3.43. The Kier molecular flexibility index (Phi) is 3.22. The number of hydrazone groups is 1. The number of nitrogens with one attached hydrogen (secondary N) is 1. The van der Waals surface area contributed by atoms with Crippen LogP contribution in [0.2, 0.25) is 0 Å². The minimum atomic E-state index is -1.08. The van der Waals surface area contributed by atoms with E-state index in [-0.39, 0.29) is 0 Å². The monoisotopic (exact) mass is 209 g/mol. The van der Waals surface area contributed by atoms with Crippen LogP contribution < -0.4 is 11.2 Å². The summed E-state index contributed by atoms with van der Waals surface area (Å²) in [5.74, 6) is -0.780. The third-order valence-corrected chi connectivity index (χ3v) is 1.65.